The SMILES string of the molecule is Cc1ccccc1-c1nnc(CNCCc2cccc(Cl)c2)o1. The van der Waals surface area contributed by atoms with Gasteiger partial charge in [-0.2, -0.15) is 0 Å². The van der Waals surface area contributed by atoms with Crippen molar-refractivity contribution in [3.8, 4) is 11.5 Å². The van der Waals surface area contributed by atoms with Gasteiger partial charge < -0.3 is 9.73 Å². The van der Waals surface area contributed by atoms with Crippen molar-refractivity contribution in [2.75, 3.05) is 6.54 Å². The molecule has 23 heavy (non-hydrogen) atoms. The predicted octanol–water partition coefficient (Wildman–Crippen LogP) is 4.03. The summed E-state index contributed by atoms with van der Waals surface area (Å²) in [4.78, 5) is 0. The lowest BCUT2D eigenvalue weighted by Crippen LogP contribution is -2.16. The zero-order valence-corrected chi connectivity index (χ0v) is 13.7. The number of aromatic nitrogens is 2. The second-order valence-corrected chi connectivity index (χ2v) is 5.81. The van der Waals surface area contributed by atoms with Gasteiger partial charge in [0, 0.05) is 10.6 Å². The first kappa shape index (κ1) is 15.7. The van der Waals surface area contributed by atoms with Crippen LogP contribution in [0.5, 0.6) is 0 Å². The Morgan fingerprint density at radius 2 is 1.96 bits per heavy atom. The minimum atomic E-state index is 0.555. The maximum Gasteiger partial charge on any atom is 0.248 e. The molecule has 2 aromatic carbocycles. The highest BCUT2D eigenvalue weighted by atomic mass is 35.5. The number of rotatable bonds is 6. The van der Waals surface area contributed by atoms with Crippen LogP contribution in [0.2, 0.25) is 5.02 Å². The van der Waals surface area contributed by atoms with E-state index in [4.69, 9.17) is 16.0 Å². The molecule has 0 saturated heterocycles. The van der Waals surface area contributed by atoms with Crippen molar-refractivity contribution in [1.82, 2.24) is 15.5 Å². The van der Waals surface area contributed by atoms with Crippen LogP contribution in [0.15, 0.2) is 52.9 Å². The summed E-state index contributed by atoms with van der Waals surface area (Å²) in [7, 11) is 0. The van der Waals surface area contributed by atoms with Crippen LogP contribution in [-0.2, 0) is 13.0 Å². The maximum atomic E-state index is 5.97. The number of halogens is 1. The molecule has 3 aromatic rings. The van der Waals surface area contributed by atoms with Crippen molar-refractivity contribution in [1.29, 1.82) is 0 Å². The molecule has 0 radical (unpaired) electrons. The highest BCUT2D eigenvalue weighted by molar-refractivity contribution is 6.30. The van der Waals surface area contributed by atoms with E-state index in [2.05, 4.69) is 21.6 Å². The second kappa shape index (κ2) is 7.40. The van der Waals surface area contributed by atoms with Gasteiger partial charge in [-0.1, -0.05) is 41.9 Å². The summed E-state index contributed by atoms with van der Waals surface area (Å²) < 4.78 is 5.72. The summed E-state index contributed by atoms with van der Waals surface area (Å²) in [5.74, 6) is 1.16. The summed E-state index contributed by atoms with van der Waals surface area (Å²) in [5.41, 5.74) is 3.30. The van der Waals surface area contributed by atoms with E-state index in [-0.39, 0.29) is 0 Å². The van der Waals surface area contributed by atoms with Crippen molar-refractivity contribution in [2.24, 2.45) is 0 Å². The fraction of sp³-hybridized carbons (Fsp3) is 0.222. The lowest BCUT2D eigenvalue weighted by Gasteiger charge is -2.03. The van der Waals surface area contributed by atoms with Gasteiger partial charge in [0.1, 0.15) is 0 Å². The van der Waals surface area contributed by atoms with Crippen molar-refractivity contribution in [2.45, 2.75) is 19.9 Å². The van der Waals surface area contributed by atoms with Gasteiger partial charge in [0.2, 0.25) is 11.8 Å². The van der Waals surface area contributed by atoms with Crippen molar-refractivity contribution >= 4 is 11.6 Å². The molecule has 5 heteroatoms. The Morgan fingerprint density at radius 1 is 1.09 bits per heavy atom. The molecule has 0 unspecified atom stereocenters. The Hall–Kier alpha value is -2.17. The van der Waals surface area contributed by atoms with Gasteiger partial charge >= 0.3 is 0 Å². The van der Waals surface area contributed by atoms with Gasteiger partial charge in [-0.15, -0.1) is 10.2 Å². The molecule has 0 amide bonds. The van der Waals surface area contributed by atoms with Crippen LogP contribution in [0.4, 0.5) is 0 Å². The van der Waals surface area contributed by atoms with Gasteiger partial charge in [-0.05, 0) is 49.2 Å². The average molecular weight is 328 g/mol. The number of nitrogens with zero attached hydrogens (tertiary/aromatic N) is 2. The first-order chi connectivity index (χ1) is 11.2. The first-order valence-electron chi connectivity index (χ1n) is 7.56. The Balaban J connectivity index is 1.53. The van der Waals surface area contributed by atoms with Crippen LogP contribution in [0.3, 0.4) is 0 Å². The predicted molar refractivity (Wildman–Crippen MR) is 91.3 cm³/mol. The van der Waals surface area contributed by atoms with Gasteiger partial charge in [-0.25, -0.2) is 0 Å². The molecule has 0 atom stereocenters. The van der Waals surface area contributed by atoms with Crippen molar-refractivity contribution in [3.63, 3.8) is 0 Å². The van der Waals surface area contributed by atoms with Gasteiger partial charge in [0.15, 0.2) is 0 Å². The Morgan fingerprint density at radius 3 is 2.78 bits per heavy atom. The van der Waals surface area contributed by atoms with E-state index in [0.29, 0.717) is 18.3 Å². The van der Waals surface area contributed by atoms with Crippen LogP contribution in [0, 0.1) is 6.92 Å². The summed E-state index contributed by atoms with van der Waals surface area (Å²) >= 11 is 5.97. The molecule has 1 aromatic heterocycles. The molecule has 0 spiro atoms. The van der Waals surface area contributed by atoms with Gasteiger partial charge in [-0.3, -0.25) is 0 Å². The number of nitrogens with one attached hydrogen (secondary N) is 1. The van der Waals surface area contributed by atoms with E-state index >= 15 is 0 Å². The molecule has 0 fully saturated rings. The summed E-state index contributed by atoms with van der Waals surface area (Å²) in [5, 5.41) is 12.3. The van der Waals surface area contributed by atoms with E-state index < -0.39 is 0 Å². The fourth-order valence-corrected chi connectivity index (χ4v) is 2.58. The minimum Gasteiger partial charge on any atom is -0.419 e. The summed E-state index contributed by atoms with van der Waals surface area (Å²) in [6.07, 6.45) is 0.902. The first-order valence-corrected chi connectivity index (χ1v) is 7.94. The number of benzene rings is 2. The van der Waals surface area contributed by atoms with E-state index in [9.17, 15) is 0 Å². The van der Waals surface area contributed by atoms with E-state index in [1.54, 1.807) is 0 Å². The normalized spacial score (nSPS) is 10.9. The van der Waals surface area contributed by atoms with E-state index in [1.165, 1.54) is 5.56 Å². The van der Waals surface area contributed by atoms with Crippen molar-refractivity contribution in [3.05, 3.63) is 70.6 Å². The Bertz CT molecular complexity index is 785. The zero-order chi connectivity index (χ0) is 16.1. The minimum absolute atomic E-state index is 0.555. The molecule has 118 valence electrons. The standard InChI is InChI=1S/C18H18ClN3O/c1-13-5-2-3-8-16(13)18-22-21-17(23-18)12-20-10-9-14-6-4-7-15(19)11-14/h2-8,11,20H,9-10,12H2,1H3. The molecule has 1 heterocycles. The molecule has 1 N–H and O–H groups in total. The molecule has 4 nitrogen and oxygen atoms in total. The zero-order valence-electron chi connectivity index (χ0n) is 12.9. The lowest BCUT2D eigenvalue weighted by atomic mass is 10.1. The third kappa shape index (κ3) is 4.18. The third-order valence-corrected chi connectivity index (χ3v) is 3.83. The van der Waals surface area contributed by atoms with Crippen LogP contribution in [0.25, 0.3) is 11.5 Å². The van der Waals surface area contributed by atoms with Crippen LogP contribution in [0.1, 0.15) is 17.0 Å². The summed E-state index contributed by atoms with van der Waals surface area (Å²) in [6.45, 7) is 3.41. The quantitative estimate of drug-likeness (QED) is 0.694. The highest BCUT2D eigenvalue weighted by Gasteiger charge is 2.09. The number of hydrogen-bond acceptors (Lipinski definition) is 4. The molecule has 0 aliphatic carbocycles. The number of aryl methyl sites for hydroxylation is 1. The molecule has 0 aliphatic heterocycles. The van der Waals surface area contributed by atoms with Gasteiger partial charge in [0.05, 0.1) is 6.54 Å². The Kier molecular flexibility index (Phi) is 5.05. The van der Waals surface area contributed by atoms with Crippen LogP contribution < -0.4 is 5.32 Å². The smallest absolute Gasteiger partial charge is 0.248 e. The topological polar surface area (TPSA) is 51.0 Å². The largest absolute Gasteiger partial charge is 0.419 e. The molecule has 3 rings (SSSR count). The van der Waals surface area contributed by atoms with Crippen LogP contribution in [-0.4, -0.2) is 16.7 Å². The molecule has 0 saturated carbocycles. The second-order valence-electron chi connectivity index (χ2n) is 5.37. The average Bonchev–Trinajstić information content (AvgIpc) is 3.01. The Labute approximate surface area is 140 Å². The number of hydrogen-bond donors (Lipinski definition) is 1. The fourth-order valence-electron chi connectivity index (χ4n) is 2.37. The third-order valence-electron chi connectivity index (χ3n) is 3.60. The monoisotopic (exact) mass is 327 g/mol. The van der Waals surface area contributed by atoms with E-state index in [1.807, 2.05) is 49.4 Å². The van der Waals surface area contributed by atoms with E-state index in [0.717, 1.165) is 29.1 Å². The van der Waals surface area contributed by atoms with Crippen molar-refractivity contribution < 1.29 is 4.42 Å². The summed E-state index contributed by atoms with van der Waals surface area (Å²) in [6, 6.07) is 15.9. The molecule has 0 aliphatic rings. The maximum absolute atomic E-state index is 5.97. The highest BCUT2D eigenvalue weighted by Crippen LogP contribution is 2.21. The molecular formula is C18H18ClN3O. The molecular weight excluding hydrogens is 310 g/mol. The van der Waals surface area contributed by atoms with Crippen LogP contribution >= 0.6 is 11.6 Å². The molecule has 0 bridgehead atoms. The van der Waals surface area contributed by atoms with Gasteiger partial charge in [0.25, 0.3) is 0 Å². The lowest BCUT2D eigenvalue weighted by molar-refractivity contribution is 0.478.